The standard InChI is InChI=1S/C22H24Cl2N2O3/c1-14(21(27)25-18-12-16(23)11-17(24)13-18)29-20-10-6-5-9-19(20)26-22(28)15-7-3-2-4-8-15/h5-6,9-15H,2-4,7-8H2,1H3,(H,25,27)(H,26,28). The first-order valence-electron chi connectivity index (χ1n) is 9.76. The molecule has 0 aromatic heterocycles. The zero-order chi connectivity index (χ0) is 20.8. The van der Waals surface area contributed by atoms with Gasteiger partial charge in [-0.15, -0.1) is 0 Å². The van der Waals surface area contributed by atoms with Gasteiger partial charge in [0.2, 0.25) is 5.91 Å². The van der Waals surface area contributed by atoms with Gasteiger partial charge in [0.1, 0.15) is 5.75 Å². The van der Waals surface area contributed by atoms with Crippen LogP contribution < -0.4 is 15.4 Å². The van der Waals surface area contributed by atoms with E-state index in [1.165, 1.54) is 6.42 Å². The Balaban J connectivity index is 1.64. The van der Waals surface area contributed by atoms with Crippen LogP contribution >= 0.6 is 23.2 Å². The summed E-state index contributed by atoms with van der Waals surface area (Å²) in [6, 6.07) is 11.9. The highest BCUT2D eigenvalue weighted by Gasteiger charge is 2.23. The van der Waals surface area contributed by atoms with Crippen molar-refractivity contribution < 1.29 is 14.3 Å². The molecular formula is C22H24Cl2N2O3. The molecule has 1 aliphatic carbocycles. The first-order valence-corrected chi connectivity index (χ1v) is 10.5. The summed E-state index contributed by atoms with van der Waals surface area (Å²) in [5.74, 6) is 0.136. The number of ether oxygens (including phenoxy) is 1. The van der Waals surface area contributed by atoms with Crippen molar-refractivity contribution in [2.75, 3.05) is 10.6 Å². The predicted octanol–water partition coefficient (Wildman–Crippen LogP) is 5.92. The Bertz CT molecular complexity index is 862. The van der Waals surface area contributed by atoms with Gasteiger partial charge in [0.05, 0.1) is 5.69 Å². The summed E-state index contributed by atoms with van der Waals surface area (Å²) in [7, 11) is 0. The largest absolute Gasteiger partial charge is 0.479 e. The number of amides is 2. The van der Waals surface area contributed by atoms with E-state index in [2.05, 4.69) is 10.6 Å². The number of benzene rings is 2. The van der Waals surface area contributed by atoms with Crippen LogP contribution in [0.1, 0.15) is 39.0 Å². The number of hydrogen-bond donors (Lipinski definition) is 2. The molecule has 1 unspecified atom stereocenters. The highest BCUT2D eigenvalue weighted by Crippen LogP contribution is 2.29. The molecule has 1 saturated carbocycles. The van der Waals surface area contributed by atoms with Crippen molar-refractivity contribution in [3.05, 3.63) is 52.5 Å². The number of rotatable bonds is 6. The van der Waals surface area contributed by atoms with Crippen molar-refractivity contribution >= 4 is 46.4 Å². The van der Waals surface area contributed by atoms with E-state index >= 15 is 0 Å². The SMILES string of the molecule is CC(Oc1ccccc1NC(=O)C1CCCCC1)C(=O)Nc1cc(Cl)cc(Cl)c1. The molecule has 2 aromatic rings. The van der Waals surface area contributed by atoms with Crippen LogP contribution in [-0.4, -0.2) is 17.9 Å². The van der Waals surface area contributed by atoms with Gasteiger partial charge in [0, 0.05) is 21.7 Å². The maximum Gasteiger partial charge on any atom is 0.265 e. The Morgan fingerprint density at radius 2 is 1.66 bits per heavy atom. The van der Waals surface area contributed by atoms with Gasteiger partial charge in [-0.2, -0.15) is 0 Å². The highest BCUT2D eigenvalue weighted by atomic mass is 35.5. The van der Waals surface area contributed by atoms with Crippen molar-refractivity contribution in [1.29, 1.82) is 0 Å². The lowest BCUT2D eigenvalue weighted by atomic mass is 9.88. The fraction of sp³-hybridized carbons (Fsp3) is 0.364. The van der Waals surface area contributed by atoms with Crippen LogP contribution in [0.25, 0.3) is 0 Å². The fourth-order valence-electron chi connectivity index (χ4n) is 3.39. The molecule has 2 amide bonds. The van der Waals surface area contributed by atoms with Gasteiger partial charge in [-0.25, -0.2) is 0 Å². The van der Waals surface area contributed by atoms with Crippen molar-refractivity contribution in [3.8, 4) is 5.75 Å². The van der Waals surface area contributed by atoms with E-state index in [4.69, 9.17) is 27.9 Å². The Kier molecular flexibility index (Phi) is 7.40. The smallest absolute Gasteiger partial charge is 0.265 e. The molecule has 3 rings (SSSR count). The number of halogens is 2. The summed E-state index contributed by atoms with van der Waals surface area (Å²) >= 11 is 11.9. The molecule has 7 heteroatoms. The van der Waals surface area contributed by atoms with Crippen LogP contribution in [0.3, 0.4) is 0 Å². The molecule has 1 fully saturated rings. The lowest BCUT2D eigenvalue weighted by Gasteiger charge is -2.22. The summed E-state index contributed by atoms with van der Waals surface area (Å²) in [6.45, 7) is 1.64. The Morgan fingerprint density at radius 1 is 1.00 bits per heavy atom. The van der Waals surface area contributed by atoms with E-state index < -0.39 is 6.10 Å². The minimum atomic E-state index is -0.791. The monoisotopic (exact) mass is 434 g/mol. The van der Waals surface area contributed by atoms with E-state index in [1.54, 1.807) is 43.3 Å². The molecule has 0 spiro atoms. The van der Waals surface area contributed by atoms with Gasteiger partial charge < -0.3 is 15.4 Å². The summed E-state index contributed by atoms with van der Waals surface area (Å²) in [5, 5.41) is 6.55. The normalized spacial score (nSPS) is 15.4. The second-order valence-corrected chi connectivity index (χ2v) is 8.10. The lowest BCUT2D eigenvalue weighted by molar-refractivity contribution is -0.122. The molecular weight excluding hydrogens is 411 g/mol. The topological polar surface area (TPSA) is 67.4 Å². The third-order valence-electron chi connectivity index (χ3n) is 4.92. The summed E-state index contributed by atoms with van der Waals surface area (Å²) in [5.41, 5.74) is 1.05. The van der Waals surface area contributed by atoms with Crippen molar-refractivity contribution in [2.24, 2.45) is 5.92 Å². The minimum Gasteiger partial charge on any atom is -0.479 e. The first-order chi connectivity index (χ1) is 13.9. The summed E-state index contributed by atoms with van der Waals surface area (Å²) in [4.78, 5) is 25.1. The van der Waals surface area contributed by atoms with Gasteiger partial charge >= 0.3 is 0 Å². The molecule has 0 bridgehead atoms. The number of hydrogen-bond acceptors (Lipinski definition) is 3. The number of para-hydroxylation sites is 2. The quantitative estimate of drug-likeness (QED) is 0.592. The van der Waals surface area contributed by atoms with Gasteiger partial charge in [-0.1, -0.05) is 54.6 Å². The van der Waals surface area contributed by atoms with E-state index in [-0.39, 0.29) is 17.7 Å². The third kappa shape index (κ3) is 6.12. The van der Waals surface area contributed by atoms with Crippen LogP contribution in [-0.2, 0) is 9.59 Å². The van der Waals surface area contributed by atoms with Crippen LogP contribution in [0.4, 0.5) is 11.4 Å². The van der Waals surface area contributed by atoms with Gasteiger partial charge in [-0.05, 0) is 50.1 Å². The van der Waals surface area contributed by atoms with Crippen LogP contribution in [0.5, 0.6) is 5.75 Å². The first kappa shape index (κ1) is 21.5. The second-order valence-electron chi connectivity index (χ2n) is 7.23. The predicted molar refractivity (Wildman–Crippen MR) is 117 cm³/mol. The van der Waals surface area contributed by atoms with Crippen molar-refractivity contribution in [3.63, 3.8) is 0 Å². The average Bonchev–Trinajstić information content (AvgIpc) is 2.69. The van der Waals surface area contributed by atoms with E-state index in [0.717, 1.165) is 25.7 Å². The van der Waals surface area contributed by atoms with Crippen molar-refractivity contribution in [2.45, 2.75) is 45.1 Å². The zero-order valence-electron chi connectivity index (χ0n) is 16.2. The summed E-state index contributed by atoms with van der Waals surface area (Å²) in [6.07, 6.45) is 4.39. The molecule has 1 aliphatic rings. The maximum absolute atomic E-state index is 12.6. The molecule has 0 aliphatic heterocycles. The van der Waals surface area contributed by atoms with Crippen molar-refractivity contribution in [1.82, 2.24) is 0 Å². The molecule has 2 aromatic carbocycles. The molecule has 2 N–H and O–H groups in total. The Hall–Kier alpha value is -2.24. The van der Waals surface area contributed by atoms with Crippen LogP contribution in [0.2, 0.25) is 10.0 Å². The van der Waals surface area contributed by atoms with Crippen LogP contribution in [0.15, 0.2) is 42.5 Å². The van der Waals surface area contributed by atoms with E-state index in [9.17, 15) is 9.59 Å². The molecule has 0 heterocycles. The van der Waals surface area contributed by atoms with Crippen LogP contribution in [0, 0.1) is 5.92 Å². The molecule has 0 saturated heterocycles. The molecule has 1 atom stereocenters. The van der Waals surface area contributed by atoms with E-state index in [1.807, 2.05) is 6.07 Å². The Labute approximate surface area is 180 Å². The summed E-state index contributed by atoms with van der Waals surface area (Å²) < 4.78 is 5.84. The molecule has 154 valence electrons. The number of nitrogens with one attached hydrogen (secondary N) is 2. The lowest BCUT2D eigenvalue weighted by Crippen LogP contribution is -2.31. The van der Waals surface area contributed by atoms with E-state index in [0.29, 0.717) is 27.2 Å². The Morgan fingerprint density at radius 3 is 2.34 bits per heavy atom. The molecule has 5 nitrogen and oxygen atoms in total. The molecule has 29 heavy (non-hydrogen) atoms. The highest BCUT2D eigenvalue weighted by molar-refractivity contribution is 6.35. The van der Waals surface area contributed by atoms with Gasteiger partial charge in [0.25, 0.3) is 5.91 Å². The average molecular weight is 435 g/mol. The second kappa shape index (κ2) is 9.99. The number of carbonyl (C=O) groups excluding carboxylic acids is 2. The number of carbonyl (C=O) groups is 2. The van der Waals surface area contributed by atoms with Gasteiger partial charge in [-0.3, -0.25) is 9.59 Å². The zero-order valence-corrected chi connectivity index (χ0v) is 17.7. The fourth-order valence-corrected chi connectivity index (χ4v) is 3.91. The molecule has 0 radical (unpaired) electrons. The van der Waals surface area contributed by atoms with Gasteiger partial charge in [0.15, 0.2) is 6.10 Å². The minimum absolute atomic E-state index is 0.00595. The maximum atomic E-state index is 12.6. The third-order valence-corrected chi connectivity index (χ3v) is 5.36. The number of anilines is 2.